The summed E-state index contributed by atoms with van der Waals surface area (Å²) >= 11 is 0. The number of aryl methyl sites for hydroxylation is 1. The zero-order chi connectivity index (χ0) is 9.80. The molecule has 0 aromatic carbocycles. The molecule has 2 nitrogen and oxygen atoms in total. The van der Waals surface area contributed by atoms with Crippen LogP contribution in [0.15, 0.2) is 43.0 Å². The molecule has 70 valence electrons. The van der Waals surface area contributed by atoms with Crippen LogP contribution in [0.5, 0.6) is 0 Å². The fourth-order valence-corrected chi connectivity index (χ4v) is 1.52. The van der Waals surface area contributed by atoms with Crippen molar-refractivity contribution in [1.82, 2.24) is 9.97 Å². The maximum Gasteiger partial charge on any atom is 0.0349 e. The third kappa shape index (κ3) is 1.64. The van der Waals surface area contributed by atoms with E-state index in [1.807, 2.05) is 36.9 Å². The largest absolute Gasteiger partial charge is 0.265 e. The van der Waals surface area contributed by atoms with Gasteiger partial charge in [-0.15, -0.1) is 0 Å². The molecule has 0 atom stereocenters. The van der Waals surface area contributed by atoms with Crippen molar-refractivity contribution in [3.05, 3.63) is 48.5 Å². The summed E-state index contributed by atoms with van der Waals surface area (Å²) in [6.45, 7) is 2.15. The third-order valence-electron chi connectivity index (χ3n) is 2.28. The minimum atomic E-state index is 1.03. The molecule has 0 amide bonds. The molecule has 0 aliphatic heterocycles. The molecule has 0 aliphatic rings. The predicted octanol–water partition coefficient (Wildman–Crippen LogP) is 2.71. The van der Waals surface area contributed by atoms with E-state index in [1.54, 1.807) is 0 Å². The highest BCUT2D eigenvalue weighted by Crippen LogP contribution is 2.21. The Hall–Kier alpha value is -1.70. The Bertz CT molecular complexity index is 410. The van der Waals surface area contributed by atoms with Crippen molar-refractivity contribution in [3.8, 4) is 11.1 Å². The molecule has 2 rings (SSSR count). The standard InChI is InChI=1S/C12H12N2/c1-2-10-3-8-14-9-12(10)11-4-6-13-7-5-11/h3-9H,2H2,1H3. The van der Waals surface area contributed by atoms with Gasteiger partial charge in [0.1, 0.15) is 0 Å². The molecule has 0 bridgehead atoms. The van der Waals surface area contributed by atoms with E-state index in [0.717, 1.165) is 6.42 Å². The van der Waals surface area contributed by atoms with E-state index >= 15 is 0 Å². The lowest BCUT2D eigenvalue weighted by atomic mass is 10.0. The molecule has 0 radical (unpaired) electrons. The molecule has 0 fully saturated rings. The van der Waals surface area contributed by atoms with Crippen molar-refractivity contribution < 1.29 is 0 Å². The van der Waals surface area contributed by atoms with E-state index in [-0.39, 0.29) is 0 Å². The van der Waals surface area contributed by atoms with Crippen LogP contribution in [0.3, 0.4) is 0 Å². The van der Waals surface area contributed by atoms with Crippen molar-refractivity contribution in [2.75, 3.05) is 0 Å². The minimum Gasteiger partial charge on any atom is -0.265 e. The van der Waals surface area contributed by atoms with Crippen LogP contribution < -0.4 is 0 Å². The van der Waals surface area contributed by atoms with Crippen molar-refractivity contribution in [1.29, 1.82) is 0 Å². The monoisotopic (exact) mass is 184 g/mol. The van der Waals surface area contributed by atoms with E-state index in [9.17, 15) is 0 Å². The summed E-state index contributed by atoms with van der Waals surface area (Å²) in [4.78, 5) is 8.16. The van der Waals surface area contributed by atoms with E-state index in [1.165, 1.54) is 16.7 Å². The fourth-order valence-electron chi connectivity index (χ4n) is 1.52. The summed E-state index contributed by atoms with van der Waals surface area (Å²) in [7, 11) is 0. The average Bonchev–Trinajstić information content (AvgIpc) is 2.30. The second kappa shape index (κ2) is 4.01. The molecule has 0 spiro atoms. The molecule has 0 aliphatic carbocycles. The number of rotatable bonds is 2. The van der Waals surface area contributed by atoms with Gasteiger partial charge in [0.05, 0.1) is 0 Å². The Kier molecular flexibility index (Phi) is 2.54. The van der Waals surface area contributed by atoms with Crippen molar-refractivity contribution in [3.63, 3.8) is 0 Å². The molecule has 0 N–H and O–H groups in total. The first-order chi connectivity index (χ1) is 6.92. The zero-order valence-electron chi connectivity index (χ0n) is 8.14. The van der Waals surface area contributed by atoms with Gasteiger partial charge in [-0.25, -0.2) is 0 Å². The molecule has 0 saturated heterocycles. The maximum absolute atomic E-state index is 4.15. The second-order valence-corrected chi connectivity index (χ2v) is 3.12. The maximum atomic E-state index is 4.15. The summed E-state index contributed by atoms with van der Waals surface area (Å²) in [5, 5.41) is 0. The van der Waals surface area contributed by atoms with Crippen LogP contribution in [0, 0.1) is 0 Å². The van der Waals surface area contributed by atoms with Crippen LogP contribution in [0.1, 0.15) is 12.5 Å². The van der Waals surface area contributed by atoms with Crippen LogP contribution in [0.4, 0.5) is 0 Å². The first kappa shape index (κ1) is 8.88. The van der Waals surface area contributed by atoms with Crippen LogP contribution in [-0.2, 0) is 6.42 Å². The average molecular weight is 184 g/mol. The van der Waals surface area contributed by atoms with E-state index in [4.69, 9.17) is 0 Å². The number of hydrogen-bond donors (Lipinski definition) is 0. The highest BCUT2D eigenvalue weighted by Gasteiger charge is 2.01. The lowest BCUT2D eigenvalue weighted by molar-refractivity contribution is 1.12. The Balaban J connectivity index is 2.51. The quantitative estimate of drug-likeness (QED) is 0.717. The van der Waals surface area contributed by atoms with E-state index in [2.05, 4.69) is 23.0 Å². The fraction of sp³-hybridized carbons (Fsp3) is 0.167. The van der Waals surface area contributed by atoms with Gasteiger partial charge in [0.15, 0.2) is 0 Å². The van der Waals surface area contributed by atoms with Gasteiger partial charge in [-0.05, 0) is 35.7 Å². The predicted molar refractivity (Wildman–Crippen MR) is 56.8 cm³/mol. The highest BCUT2D eigenvalue weighted by atomic mass is 14.6. The molecule has 2 heteroatoms. The molecular weight excluding hydrogens is 172 g/mol. The Morgan fingerprint density at radius 3 is 2.43 bits per heavy atom. The zero-order valence-corrected chi connectivity index (χ0v) is 8.14. The van der Waals surface area contributed by atoms with Gasteiger partial charge < -0.3 is 0 Å². The summed E-state index contributed by atoms with van der Waals surface area (Å²) < 4.78 is 0. The third-order valence-corrected chi connectivity index (χ3v) is 2.28. The summed E-state index contributed by atoms with van der Waals surface area (Å²) in [6, 6.07) is 6.09. The Labute approximate surface area is 83.7 Å². The van der Waals surface area contributed by atoms with Crippen LogP contribution >= 0.6 is 0 Å². The first-order valence-corrected chi connectivity index (χ1v) is 4.75. The van der Waals surface area contributed by atoms with Gasteiger partial charge in [-0.2, -0.15) is 0 Å². The molecule has 2 heterocycles. The topological polar surface area (TPSA) is 25.8 Å². The van der Waals surface area contributed by atoms with Gasteiger partial charge in [-0.1, -0.05) is 6.92 Å². The van der Waals surface area contributed by atoms with Gasteiger partial charge in [0.2, 0.25) is 0 Å². The number of pyridine rings is 2. The Morgan fingerprint density at radius 2 is 1.71 bits per heavy atom. The van der Waals surface area contributed by atoms with E-state index < -0.39 is 0 Å². The Morgan fingerprint density at radius 1 is 1.00 bits per heavy atom. The second-order valence-electron chi connectivity index (χ2n) is 3.12. The van der Waals surface area contributed by atoms with E-state index in [0.29, 0.717) is 0 Å². The van der Waals surface area contributed by atoms with Gasteiger partial charge in [-0.3, -0.25) is 9.97 Å². The van der Waals surface area contributed by atoms with Crippen LogP contribution in [-0.4, -0.2) is 9.97 Å². The highest BCUT2D eigenvalue weighted by molar-refractivity contribution is 5.65. The summed E-state index contributed by atoms with van der Waals surface area (Å²) in [5.41, 5.74) is 3.72. The number of nitrogens with zero attached hydrogens (tertiary/aromatic N) is 2. The van der Waals surface area contributed by atoms with Gasteiger partial charge in [0.25, 0.3) is 0 Å². The number of aromatic nitrogens is 2. The molecule has 2 aromatic heterocycles. The normalized spacial score (nSPS) is 10.1. The van der Waals surface area contributed by atoms with Gasteiger partial charge >= 0.3 is 0 Å². The smallest absolute Gasteiger partial charge is 0.0349 e. The summed E-state index contributed by atoms with van der Waals surface area (Å²) in [5.74, 6) is 0. The van der Waals surface area contributed by atoms with Gasteiger partial charge in [0, 0.05) is 30.4 Å². The van der Waals surface area contributed by atoms with Crippen LogP contribution in [0.25, 0.3) is 11.1 Å². The molecular formula is C12H12N2. The lowest BCUT2D eigenvalue weighted by Crippen LogP contribution is -1.88. The lowest BCUT2D eigenvalue weighted by Gasteiger charge is -2.05. The van der Waals surface area contributed by atoms with Crippen LogP contribution in [0.2, 0.25) is 0 Å². The molecule has 0 unspecified atom stereocenters. The SMILES string of the molecule is CCc1ccncc1-c1ccncc1. The van der Waals surface area contributed by atoms with Crippen molar-refractivity contribution in [2.45, 2.75) is 13.3 Å². The molecule has 2 aromatic rings. The van der Waals surface area contributed by atoms with Crippen molar-refractivity contribution >= 4 is 0 Å². The summed E-state index contributed by atoms with van der Waals surface area (Å²) in [6.07, 6.45) is 8.39. The number of hydrogen-bond acceptors (Lipinski definition) is 2. The minimum absolute atomic E-state index is 1.03. The molecule has 0 saturated carbocycles. The first-order valence-electron chi connectivity index (χ1n) is 4.75. The molecule has 14 heavy (non-hydrogen) atoms. The van der Waals surface area contributed by atoms with Crippen molar-refractivity contribution in [2.24, 2.45) is 0 Å².